The van der Waals surface area contributed by atoms with Crippen LogP contribution in [-0.2, 0) is 0 Å². The average Bonchev–Trinajstić information content (AvgIpc) is 2.12. The van der Waals surface area contributed by atoms with Crippen LogP contribution in [0.5, 0.6) is 0 Å². The van der Waals surface area contributed by atoms with Gasteiger partial charge in [-0.15, -0.1) is 0 Å². The van der Waals surface area contributed by atoms with E-state index in [0.29, 0.717) is 17.2 Å². The Bertz CT molecular complexity index is 227. The molecule has 52 valence electrons. The fourth-order valence-corrected chi connectivity index (χ4v) is 0.680. The van der Waals surface area contributed by atoms with E-state index in [0.717, 1.165) is 0 Å². The summed E-state index contributed by atoms with van der Waals surface area (Å²) in [6, 6.07) is 0. The molecule has 4 heteroatoms. The highest BCUT2D eigenvalue weighted by molar-refractivity contribution is 7.80. The van der Waals surface area contributed by atoms with Crippen molar-refractivity contribution in [2.45, 2.75) is 0 Å². The Morgan fingerprint density at radius 1 is 1.70 bits per heavy atom. The lowest BCUT2D eigenvalue weighted by Crippen LogP contribution is -2.09. The fourth-order valence-electron chi connectivity index (χ4n) is 0.559. The van der Waals surface area contributed by atoms with Gasteiger partial charge in [0.25, 0.3) is 0 Å². The molecule has 1 aliphatic heterocycles. The molecule has 1 aliphatic rings. The highest BCUT2D eigenvalue weighted by Gasteiger charge is 1.96. The van der Waals surface area contributed by atoms with Crippen molar-refractivity contribution in [3.8, 4) is 0 Å². The molecule has 0 bridgehead atoms. The summed E-state index contributed by atoms with van der Waals surface area (Å²) in [6.07, 6.45) is 5.03. The Hall–Kier alpha value is -1.03. The van der Waals surface area contributed by atoms with Crippen molar-refractivity contribution in [2.24, 2.45) is 15.7 Å². The van der Waals surface area contributed by atoms with Crippen LogP contribution in [0.2, 0.25) is 0 Å². The first kappa shape index (κ1) is 7.08. The second kappa shape index (κ2) is 3.22. The van der Waals surface area contributed by atoms with Crippen molar-refractivity contribution in [1.82, 2.24) is 0 Å². The number of thiocarbonyl (C=S) groups is 1. The minimum atomic E-state index is 0.310. The lowest BCUT2D eigenvalue weighted by Gasteiger charge is -1.92. The third-order valence-electron chi connectivity index (χ3n) is 1.01. The number of nitrogens with zero attached hydrogens (tertiary/aromatic N) is 2. The van der Waals surface area contributed by atoms with E-state index >= 15 is 0 Å². The summed E-state index contributed by atoms with van der Waals surface area (Å²) in [4.78, 5) is 8.22. The molecule has 0 saturated heterocycles. The second-order valence-electron chi connectivity index (χ2n) is 1.74. The summed E-state index contributed by atoms with van der Waals surface area (Å²) in [5.74, 6) is 0. The van der Waals surface area contributed by atoms with Gasteiger partial charge in [-0.2, -0.15) is 0 Å². The van der Waals surface area contributed by atoms with Crippen LogP contribution in [0.15, 0.2) is 21.8 Å². The van der Waals surface area contributed by atoms with Gasteiger partial charge in [0.05, 0.1) is 12.2 Å². The van der Waals surface area contributed by atoms with Crippen LogP contribution >= 0.6 is 12.2 Å². The van der Waals surface area contributed by atoms with E-state index in [1.54, 1.807) is 18.5 Å². The highest BCUT2D eigenvalue weighted by Crippen LogP contribution is 1.96. The number of allylic oxidation sites excluding steroid dienone is 1. The lowest BCUT2D eigenvalue weighted by molar-refractivity contribution is 1.34. The molecule has 0 aromatic carbocycles. The molecule has 0 unspecified atom stereocenters. The number of nitrogens with two attached hydrogens (primary N) is 1. The molecule has 0 radical (unpaired) electrons. The molecule has 0 spiro atoms. The first-order valence-corrected chi connectivity index (χ1v) is 3.24. The fraction of sp³-hybridized carbons (Fsp3) is 0.167. The van der Waals surface area contributed by atoms with E-state index in [2.05, 4.69) is 9.98 Å². The Balaban J connectivity index is 2.83. The van der Waals surface area contributed by atoms with Gasteiger partial charge in [-0.1, -0.05) is 12.2 Å². The van der Waals surface area contributed by atoms with Crippen molar-refractivity contribution < 1.29 is 0 Å². The predicted octanol–water partition coefficient (Wildman–Crippen LogP) is 0.312. The van der Waals surface area contributed by atoms with Crippen molar-refractivity contribution in [3.05, 3.63) is 11.8 Å². The molecule has 0 aromatic heterocycles. The average molecular weight is 153 g/mol. The summed E-state index contributed by atoms with van der Waals surface area (Å²) in [7, 11) is 0. The number of hydrogen-bond acceptors (Lipinski definition) is 3. The number of aliphatic imine (C=N–C) groups is 2. The first-order chi connectivity index (χ1) is 4.80. The van der Waals surface area contributed by atoms with E-state index in [-0.39, 0.29) is 0 Å². The van der Waals surface area contributed by atoms with E-state index in [9.17, 15) is 0 Å². The minimum Gasteiger partial charge on any atom is -0.388 e. The van der Waals surface area contributed by atoms with Crippen LogP contribution < -0.4 is 5.73 Å². The minimum absolute atomic E-state index is 0.310. The summed E-state index contributed by atoms with van der Waals surface area (Å²) in [5, 5.41) is 0. The van der Waals surface area contributed by atoms with Gasteiger partial charge in [-0.25, -0.2) is 0 Å². The molecule has 0 amide bonds. The molecule has 2 N–H and O–H groups in total. The van der Waals surface area contributed by atoms with Crippen molar-refractivity contribution >= 4 is 29.6 Å². The van der Waals surface area contributed by atoms with E-state index in [4.69, 9.17) is 18.0 Å². The van der Waals surface area contributed by atoms with Gasteiger partial charge in [0.15, 0.2) is 0 Å². The molecule has 0 aromatic rings. The maximum Gasteiger partial charge on any atom is 0.122 e. The van der Waals surface area contributed by atoms with E-state index < -0.39 is 0 Å². The monoisotopic (exact) mass is 153 g/mol. The van der Waals surface area contributed by atoms with Gasteiger partial charge in [0.2, 0.25) is 0 Å². The van der Waals surface area contributed by atoms with Crippen LogP contribution in [-0.4, -0.2) is 24.0 Å². The van der Waals surface area contributed by atoms with Gasteiger partial charge < -0.3 is 5.73 Å². The Morgan fingerprint density at radius 2 is 2.50 bits per heavy atom. The Morgan fingerprint density at radius 3 is 3.20 bits per heavy atom. The van der Waals surface area contributed by atoms with Gasteiger partial charge in [0.1, 0.15) is 4.99 Å². The third kappa shape index (κ3) is 1.73. The Labute approximate surface area is 64.4 Å². The molecular formula is C6H7N3S. The molecule has 1 heterocycles. The molecule has 0 saturated carbocycles. The van der Waals surface area contributed by atoms with Crippen LogP contribution in [0.1, 0.15) is 0 Å². The zero-order valence-corrected chi connectivity index (χ0v) is 6.14. The summed E-state index contributed by atoms with van der Waals surface area (Å²) in [5.41, 5.74) is 5.95. The molecule has 0 fully saturated rings. The van der Waals surface area contributed by atoms with Crippen molar-refractivity contribution in [2.75, 3.05) is 6.54 Å². The summed E-state index contributed by atoms with van der Waals surface area (Å²) >= 11 is 4.71. The Kier molecular flexibility index (Phi) is 2.28. The van der Waals surface area contributed by atoms with Crippen molar-refractivity contribution in [3.63, 3.8) is 0 Å². The van der Waals surface area contributed by atoms with Gasteiger partial charge in [-0.3, -0.25) is 9.98 Å². The topological polar surface area (TPSA) is 50.7 Å². The highest BCUT2D eigenvalue weighted by atomic mass is 32.1. The van der Waals surface area contributed by atoms with Crippen LogP contribution in [0.3, 0.4) is 0 Å². The molecule has 3 nitrogen and oxygen atoms in total. The standard InChI is InChI=1S/C6H7N3S/c7-6(10)5-1-2-8-3-4-9-5/h1-2,4H,3H2,(H2,7,10). The second-order valence-corrected chi connectivity index (χ2v) is 2.18. The molecule has 1 rings (SSSR count). The molecular weight excluding hydrogens is 146 g/mol. The SMILES string of the molecule is NC(=S)C1=CC=NCC=N1. The van der Waals surface area contributed by atoms with Gasteiger partial charge >= 0.3 is 0 Å². The predicted molar refractivity (Wildman–Crippen MR) is 46.7 cm³/mol. The van der Waals surface area contributed by atoms with E-state index in [1.165, 1.54) is 0 Å². The zero-order chi connectivity index (χ0) is 7.40. The smallest absolute Gasteiger partial charge is 0.122 e. The van der Waals surface area contributed by atoms with Crippen molar-refractivity contribution in [1.29, 1.82) is 0 Å². The number of hydrogen-bond donors (Lipinski definition) is 1. The maximum absolute atomic E-state index is 5.32. The first-order valence-electron chi connectivity index (χ1n) is 2.83. The largest absolute Gasteiger partial charge is 0.388 e. The molecule has 0 atom stereocenters. The normalized spacial score (nSPS) is 16.2. The van der Waals surface area contributed by atoms with Crippen LogP contribution in [0.4, 0.5) is 0 Å². The van der Waals surface area contributed by atoms with Crippen LogP contribution in [0.25, 0.3) is 0 Å². The summed E-state index contributed by atoms with van der Waals surface area (Å²) < 4.78 is 0. The molecule has 0 aliphatic carbocycles. The third-order valence-corrected chi connectivity index (χ3v) is 1.22. The summed E-state index contributed by atoms with van der Waals surface area (Å²) in [6.45, 7) is 0.600. The van der Waals surface area contributed by atoms with Crippen LogP contribution in [0, 0.1) is 0 Å². The molecule has 10 heavy (non-hydrogen) atoms. The maximum atomic E-state index is 5.32. The van der Waals surface area contributed by atoms with Gasteiger partial charge in [0, 0.05) is 12.4 Å². The lowest BCUT2D eigenvalue weighted by atomic mass is 10.4. The quantitative estimate of drug-likeness (QED) is 0.551. The zero-order valence-electron chi connectivity index (χ0n) is 5.32. The van der Waals surface area contributed by atoms with E-state index in [1.807, 2.05) is 0 Å². The van der Waals surface area contributed by atoms with Gasteiger partial charge in [-0.05, 0) is 6.08 Å². The number of rotatable bonds is 1.